The predicted octanol–water partition coefficient (Wildman–Crippen LogP) is 4.46. The van der Waals surface area contributed by atoms with Gasteiger partial charge in [-0.25, -0.2) is 0 Å². The van der Waals surface area contributed by atoms with Gasteiger partial charge in [0.2, 0.25) is 0 Å². The van der Waals surface area contributed by atoms with E-state index in [1.807, 2.05) is 18.2 Å². The molecule has 0 saturated heterocycles. The van der Waals surface area contributed by atoms with Crippen molar-refractivity contribution in [2.24, 2.45) is 0 Å². The Hall–Kier alpha value is -0.550. The maximum absolute atomic E-state index is 5.99. The van der Waals surface area contributed by atoms with Gasteiger partial charge < -0.3 is 10.1 Å². The summed E-state index contributed by atoms with van der Waals surface area (Å²) >= 11 is 11.2. The molecule has 0 spiro atoms. The van der Waals surface area contributed by atoms with Crippen LogP contribution in [0.25, 0.3) is 0 Å². The van der Waals surface area contributed by atoms with E-state index in [0.717, 1.165) is 33.9 Å². The van der Waals surface area contributed by atoms with Gasteiger partial charge in [-0.1, -0.05) is 11.6 Å². The molecule has 18 heavy (non-hydrogen) atoms. The molecule has 1 aromatic carbocycles. The Morgan fingerprint density at radius 1 is 1.33 bits per heavy atom. The van der Waals surface area contributed by atoms with Crippen LogP contribution in [0.1, 0.15) is 10.4 Å². The van der Waals surface area contributed by atoms with E-state index in [-0.39, 0.29) is 0 Å². The standard InChI is InChI=1S/C13H13BrClNOS/c1-17-13-3-2-11(15)4-9(13)6-16-7-12-5-10(14)8-18-12/h2-5,8,16H,6-7H2,1H3. The van der Waals surface area contributed by atoms with Gasteiger partial charge in [-0.3, -0.25) is 0 Å². The third kappa shape index (κ3) is 3.72. The van der Waals surface area contributed by atoms with Gasteiger partial charge in [-0.05, 0) is 40.2 Å². The number of thiophene rings is 1. The Morgan fingerprint density at radius 2 is 2.17 bits per heavy atom. The molecule has 0 aliphatic heterocycles. The predicted molar refractivity (Wildman–Crippen MR) is 80.6 cm³/mol. The highest BCUT2D eigenvalue weighted by atomic mass is 79.9. The number of rotatable bonds is 5. The number of methoxy groups -OCH3 is 1. The molecule has 0 radical (unpaired) electrons. The van der Waals surface area contributed by atoms with Crippen molar-refractivity contribution in [1.82, 2.24) is 5.32 Å². The lowest BCUT2D eigenvalue weighted by Crippen LogP contribution is -2.12. The van der Waals surface area contributed by atoms with Crippen LogP contribution in [0.4, 0.5) is 0 Å². The third-order valence-corrected chi connectivity index (χ3v) is 4.41. The Kier molecular flexibility index (Phi) is 5.06. The fourth-order valence-corrected chi connectivity index (χ4v) is 3.27. The highest BCUT2D eigenvalue weighted by molar-refractivity contribution is 9.10. The Bertz CT molecular complexity index is 529. The van der Waals surface area contributed by atoms with E-state index in [9.17, 15) is 0 Å². The summed E-state index contributed by atoms with van der Waals surface area (Å²) in [6.45, 7) is 1.57. The maximum atomic E-state index is 5.99. The van der Waals surface area contributed by atoms with Crippen LogP contribution in [-0.4, -0.2) is 7.11 Å². The average Bonchev–Trinajstić information content (AvgIpc) is 2.75. The van der Waals surface area contributed by atoms with Crippen molar-refractivity contribution in [3.8, 4) is 5.75 Å². The number of hydrogen-bond acceptors (Lipinski definition) is 3. The number of ether oxygens (including phenoxy) is 1. The Labute approximate surface area is 124 Å². The van der Waals surface area contributed by atoms with Crippen LogP contribution in [0.3, 0.4) is 0 Å². The summed E-state index contributed by atoms with van der Waals surface area (Å²) in [7, 11) is 1.67. The minimum absolute atomic E-state index is 0.728. The first-order chi connectivity index (χ1) is 8.69. The summed E-state index contributed by atoms with van der Waals surface area (Å²) in [6, 6.07) is 7.77. The molecule has 1 aromatic heterocycles. The Balaban J connectivity index is 1.95. The lowest BCUT2D eigenvalue weighted by atomic mass is 10.2. The lowest BCUT2D eigenvalue weighted by Gasteiger charge is -2.09. The number of halogens is 2. The molecule has 0 aliphatic rings. The number of hydrogen-bond donors (Lipinski definition) is 1. The molecule has 96 valence electrons. The van der Waals surface area contributed by atoms with Gasteiger partial charge in [0.15, 0.2) is 0 Å². The molecule has 2 nitrogen and oxygen atoms in total. The summed E-state index contributed by atoms with van der Waals surface area (Å²) in [4.78, 5) is 1.29. The second-order valence-electron chi connectivity index (χ2n) is 3.79. The van der Waals surface area contributed by atoms with Gasteiger partial charge >= 0.3 is 0 Å². The van der Waals surface area contributed by atoms with E-state index in [0.29, 0.717) is 0 Å². The van der Waals surface area contributed by atoms with Crippen LogP contribution in [0.2, 0.25) is 5.02 Å². The summed E-state index contributed by atoms with van der Waals surface area (Å²) in [5.41, 5.74) is 1.07. The van der Waals surface area contributed by atoms with Crippen molar-refractivity contribution in [1.29, 1.82) is 0 Å². The van der Waals surface area contributed by atoms with Crippen LogP contribution < -0.4 is 10.1 Å². The maximum Gasteiger partial charge on any atom is 0.123 e. The van der Waals surface area contributed by atoms with E-state index >= 15 is 0 Å². The SMILES string of the molecule is COc1ccc(Cl)cc1CNCc1cc(Br)cs1. The van der Waals surface area contributed by atoms with Crippen LogP contribution >= 0.6 is 38.9 Å². The van der Waals surface area contributed by atoms with E-state index in [1.165, 1.54) is 4.88 Å². The second-order valence-corrected chi connectivity index (χ2v) is 6.14. The zero-order chi connectivity index (χ0) is 13.0. The molecule has 5 heteroatoms. The van der Waals surface area contributed by atoms with E-state index in [4.69, 9.17) is 16.3 Å². The molecule has 0 aliphatic carbocycles. The van der Waals surface area contributed by atoms with E-state index in [2.05, 4.69) is 32.7 Å². The van der Waals surface area contributed by atoms with Gasteiger partial charge in [0.05, 0.1) is 7.11 Å². The minimum atomic E-state index is 0.728. The number of nitrogens with one attached hydrogen (secondary N) is 1. The van der Waals surface area contributed by atoms with Gasteiger partial charge in [0, 0.05) is 38.4 Å². The lowest BCUT2D eigenvalue weighted by molar-refractivity contribution is 0.407. The van der Waals surface area contributed by atoms with E-state index in [1.54, 1.807) is 18.4 Å². The normalized spacial score (nSPS) is 10.6. The highest BCUT2D eigenvalue weighted by Gasteiger charge is 2.04. The zero-order valence-corrected chi connectivity index (χ0v) is 13.0. The van der Waals surface area contributed by atoms with E-state index < -0.39 is 0 Å². The van der Waals surface area contributed by atoms with Crippen molar-refractivity contribution in [2.45, 2.75) is 13.1 Å². The molecule has 1 heterocycles. The summed E-state index contributed by atoms with van der Waals surface area (Å²) < 4.78 is 6.43. The Morgan fingerprint density at radius 3 is 2.83 bits per heavy atom. The van der Waals surface area contributed by atoms with Gasteiger partial charge in [-0.15, -0.1) is 11.3 Å². The van der Waals surface area contributed by atoms with Crippen molar-refractivity contribution < 1.29 is 4.74 Å². The number of benzene rings is 1. The van der Waals surface area contributed by atoms with Crippen molar-refractivity contribution in [2.75, 3.05) is 7.11 Å². The van der Waals surface area contributed by atoms with Crippen molar-refractivity contribution >= 4 is 38.9 Å². The molecule has 0 bridgehead atoms. The zero-order valence-electron chi connectivity index (χ0n) is 9.87. The summed E-state index contributed by atoms with van der Waals surface area (Å²) in [5, 5.41) is 6.19. The van der Waals surface area contributed by atoms with Crippen LogP contribution in [0.15, 0.2) is 34.1 Å². The smallest absolute Gasteiger partial charge is 0.123 e. The van der Waals surface area contributed by atoms with Gasteiger partial charge in [-0.2, -0.15) is 0 Å². The largest absolute Gasteiger partial charge is 0.496 e. The molecule has 1 N–H and O–H groups in total. The van der Waals surface area contributed by atoms with Crippen LogP contribution in [-0.2, 0) is 13.1 Å². The van der Waals surface area contributed by atoms with Crippen molar-refractivity contribution in [3.05, 3.63) is 49.6 Å². The fraction of sp³-hybridized carbons (Fsp3) is 0.231. The molecule has 2 rings (SSSR count). The van der Waals surface area contributed by atoms with Gasteiger partial charge in [0.25, 0.3) is 0 Å². The van der Waals surface area contributed by atoms with Gasteiger partial charge in [0.1, 0.15) is 5.75 Å². The molecule has 2 aromatic rings. The topological polar surface area (TPSA) is 21.3 Å². The molecule has 0 saturated carbocycles. The summed E-state index contributed by atoms with van der Waals surface area (Å²) in [6.07, 6.45) is 0. The molecule has 0 atom stereocenters. The quantitative estimate of drug-likeness (QED) is 0.863. The molecular formula is C13H13BrClNOS. The molecule has 0 unspecified atom stereocenters. The fourth-order valence-electron chi connectivity index (χ4n) is 1.65. The molecular weight excluding hydrogens is 334 g/mol. The monoisotopic (exact) mass is 345 g/mol. The van der Waals surface area contributed by atoms with Crippen molar-refractivity contribution in [3.63, 3.8) is 0 Å². The average molecular weight is 347 g/mol. The first-order valence-electron chi connectivity index (χ1n) is 5.45. The van der Waals surface area contributed by atoms with Crippen LogP contribution in [0, 0.1) is 0 Å². The third-order valence-electron chi connectivity index (χ3n) is 2.48. The summed E-state index contributed by atoms with van der Waals surface area (Å²) in [5.74, 6) is 0.860. The second kappa shape index (κ2) is 6.57. The molecule has 0 amide bonds. The first kappa shape index (κ1) is 13.9. The minimum Gasteiger partial charge on any atom is -0.496 e. The highest BCUT2D eigenvalue weighted by Crippen LogP contribution is 2.23. The van der Waals surface area contributed by atoms with Crippen LogP contribution in [0.5, 0.6) is 5.75 Å². The first-order valence-corrected chi connectivity index (χ1v) is 7.50. The molecule has 0 fully saturated rings.